The van der Waals surface area contributed by atoms with Gasteiger partial charge in [-0.05, 0) is 24.0 Å². The van der Waals surface area contributed by atoms with Crippen LogP contribution in [0.1, 0.15) is 25.2 Å². The number of para-hydroxylation sites is 1. The van der Waals surface area contributed by atoms with Gasteiger partial charge < -0.3 is 19.5 Å². The Morgan fingerprint density at radius 2 is 2.04 bits per heavy atom. The molecule has 0 aliphatic carbocycles. The minimum atomic E-state index is -0.235. The number of aromatic nitrogens is 2. The maximum Gasteiger partial charge on any atom is 0.252 e. The number of nitrogens with zero attached hydrogens (tertiary/aromatic N) is 3. The van der Waals surface area contributed by atoms with Gasteiger partial charge in [-0.25, -0.2) is 4.98 Å². The van der Waals surface area contributed by atoms with Crippen LogP contribution in [0.4, 0.5) is 11.5 Å². The molecule has 2 aromatic rings. The number of carbonyl (C=O) groups is 1. The summed E-state index contributed by atoms with van der Waals surface area (Å²) in [6.45, 7) is 6.89. The van der Waals surface area contributed by atoms with Crippen LogP contribution in [0, 0.1) is 5.92 Å². The fourth-order valence-electron chi connectivity index (χ4n) is 4.03. The number of hydrogen-bond acceptors (Lipinski definition) is 5. The molecule has 1 saturated heterocycles. The molecule has 3 heterocycles. The van der Waals surface area contributed by atoms with Crippen molar-refractivity contribution in [2.45, 2.75) is 32.7 Å². The van der Waals surface area contributed by atoms with Crippen molar-refractivity contribution < 1.29 is 9.53 Å². The van der Waals surface area contributed by atoms with Crippen molar-refractivity contribution in [3.05, 3.63) is 52.1 Å². The molecule has 28 heavy (non-hydrogen) atoms. The molecule has 4 rings (SSSR count). The lowest BCUT2D eigenvalue weighted by atomic mass is 10.00. The number of morpholine rings is 1. The minimum absolute atomic E-state index is 0.0362. The molecule has 7 heteroatoms. The second-order valence-electron chi connectivity index (χ2n) is 7.73. The smallest absolute Gasteiger partial charge is 0.252 e. The summed E-state index contributed by atoms with van der Waals surface area (Å²) in [5.41, 5.74) is 1.93. The van der Waals surface area contributed by atoms with E-state index in [1.165, 1.54) is 11.6 Å². The van der Waals surface area contributed by atoms with Gasteiger partial charge in [-0.2, -0.15) is 0 Å². The molecule has 1 aromatic carbocycles. The summed E-state index contributed by atoms with van der Waals surface area (Å²) in [5.74, 6) is 1.32. The van der Waals surface area contributed by atoms with Crippen molar-refractivity contribution in [2.24, 2.45) is 5.92 Å². The van der Waals surface area contributed by atoms with Crippen LogP contribution in [0.5, 0.6) is 0 Å². The molecule has 1 aromatic heterocycles. The van der Waals surface area contributed by atoms with E-state index in [1.54, 1.807) is 0 Å². The Hall–Kier alpha value is -2.67. The molecule has 1 amide bonds. The predicted octanol–water partition coefficient (Wildman–Crippen LogP) is 1.76. The van der Waals surface area contributed by atoms with E-state index in [0.717, 1.165) is 12.1 Å². The standard InChI is InChI=1S/C21H26N4O3/c1-14(2)17-11-15-5-3-4-6-16(15)25(17)21(27)12-18-22-19(13-20(26)23-18)24-7-9-28-10-8-24/h3-6,13-14,17H,7-12H2,1-2H3,(H,22,23,26). The number of H-pyrrole nitrogens is 1. The van der Waals surface area contributed by atoms with Gasteiger partial charge in [0.1, 0.15) is 11.6 Å². The molecule has 0 saturated carbocycles. The number of rotatable bonds is 4. The maximum absolute atomic E-state index is 13.2. The van der Waals surface area contributed by atoms with E-state index >= 15 is 0 Å². The van der Waals surface area contributed by atoms with Crippen molar-refractivity contribution >= 4 is 17.4 Å². The van der Waals surface area contributed by atoms with Crippen LogP contribution in [0.15, 0.2) is 35.1 Å². The lowest BCUT2D eigenvalue weighted by Gasteiger charge is -2.29. The molecule has 1 atom stereocenters. The predicted molar refractivity (Wildman–Crippen MR) is 108 cm³/mol. The second kappa shape index (κ2) is 7.75. The van der Waals surface area contributed by atoms with E-state index in [2.05, 4.69) is 29.9 Å². The van der Waals surface area contributed by atoms with Crippen molar-refractivity contribution in [3.63, 3.8) is 0 Å². The summed E-state index contributed by atoms with van der Waals surface area (Å²) in [5, 5.41) is 0. The van der Waals surface area contributed by atoms with Gasteiger partial charge in [0.2, 0.25) is 5.91 Å². The number of amides is 1. The molecular formula is C21H26N4O3. The van der Waals surface area contributed by atoms with Gasteiger partial charge >= 0.3 is 0 Å². The van der Waals surface area contributed by atoms with Gasteiger partial charge in [0.15, 0.2) is 0 Å². The van der Waals surface area contributed by atoms with Crippen LogP contribution in [0.25, 0.3) is 0 Å². The van der Waals surface area contributed by atoms with Crippen molar-refractivity contribution in [3.8, 4) is 0 Å². The summed E-state index contributed by atoms with van der Waals surface area (Å²) >= 11 is 0. The molecule has 0 spiro atoms. The van der Waals surface area contributed by atoms with E-state index in [-0.39, 0.29) is 23.9 Å². The topological polar surface area (TPSA) is 78.5 Å². The third-order valence-corrected chi connectivity index (χ3v) is 5.48. The highest BCUT2D eigenvalue weighted by Crippen LogP contribution is 2.35. The first kappa shape index (κ1) is 18.7. The number of benzene rings is 1. The Morgan fingerprint density at radius 3 is 2.79 bits per heavy atom. The fourth-order valence-corrected chi connectivity index (χ4v) is 4.03. The first-order chi connectivity index (χ1) is 13.5. The molecule has 148 valence electrons. The van der Waals surface area contributed by atoms with Gasteiger partial charge in [0.25, 0.3) is 5.56 Å². The highest BCUT2D eigenvalue weighted by molar-refractivity contribution is 5.97. The largest absolute Gasteiger partial charge is 0.378 e. The number of ether oxygens (including phenoxy) is 1. The van der Waals surface area contributed by atoms with Gasteiger partial charge in [-0.3, -0.25) is 9.59 Å². The molecule has 7 nitrogen and oxygen atoms in total. The molecule has 1 N–H and O–H groups in total. The Kier molecular flexibility index (Phi) is 5.17. The Labute approximate surface area is 164 Å². The van der Waals surface area contributed by atoms with Gasteiger partial charge in [-0.1, -0.05) is 32.0 Å². The third-order valence-electron chi connectivity index (χ3n) is 5.48. The fraction of sp³-hybridized carbons (Fsp3) is 0.476. The van der Waals surface area contributed by atoms with Crippen LogP contribution in [0.3, 0.4) is 0 Å². The van der Waals surface area contributed by atoms with E-state index in [1.807, 2.05) is 28.0 Å². The number of carbonyl (C=O) groups excluding carboxylic acids is 1. The number of fused-ring (bicyclic) bond motifs is 1. The van der Waals surface area contributed by atoms with Crippen LogP contribution >= 0.6 is 0 Å². The Balaban J connectivity index is 1.59. The lowest BCUT2D eigenvalue weighted by Crippen LogP contribution is -2.42. The highest BCUT2D eigenvalue weighted by atomic mass is 16.5. The summed E-state index contributed by atoms with van der Waals surface area (Å²) in [4.78, 5) is 36.6. The molecule has 0 bridgehead atoms. The number of hydrogen-bond donors (Lipinski definition) is 1. The third kappa shape index (κ3) is 3.67. The van der Waals surface area contributed by atoms with E-state index in [0.29, 0.717) is 43.9 Å². The van der Waals surface area contributed by atoms with Crippen molar-refractivity contribution in [1.82, 2.24) is 9.97 Å². The molecule has 1 fully saturated rings. The summed E-state index contributed by atoms with van der Waals surface area (Å²) < 4.78 is 5.37. The molecule has 0 radical (unpaired) electrons. The quantitative estimate of drug-likeness (QED) is 0.872. The second-order valence-corrected chi connectivity index (χ2v) is 7.73. The zero-order valence-electron chi connectivity index (χ0n) is 16.4. The highest BCUT2D eigenvalue weighted by Gasteiger charge is 2.35. The molecule has 2 aliphatic heterocycles. The minimum Gasteiger partial charge on any atom is -0.378 e. The van der Waals surface area contributed by atoms with Crippen LogP contribution in [0.2, 0.25) is 0 Å². The van der Waals surface area contributed by atoms with Gasteiger partial charge in [0.05, 0.1) is 19.6 Å². The zero-order valence-corrected chi connectivity index (χ0v) is 16.4. The van der Waals surface area contributed by atoms with Crippen LogP contribution < -0.4 is 15.4 Å². The van der Waals surface area contributed by atoms with Crippen molar-refractivity contribution in [1.29, 1.82) is 0 Å². The molecule has 1 unspecified atom stereocenters. The average Bonchev–Trinajstić information content (AvgIpc) is 3.08. The average molecular weight is 382 g/mol. The van der Waals surface area contributed by atoms with E-state index < -0.39 is 0 Å². The van der Waals surface area contributed by atoms with E-state index in [9.17, 15) is 9.59 Å². The number of nitrogens with one attached hydrogen (secondary N) is 1. The van der Waals surface area contributed by atoms with Crippen LogP contribution in [-0.2, 0) is 22.4 Å². The first-order valence-electron chi connectivity index (χ1n) is 9.86. The molecular weight excluding hydrogens is 356 g/mol. The summed E-state index contributed by atoms with van der Waals surface area (Å²) in [7, 11) is 0. The number of anilines is 2. The first-order valence-corrected chi connectivity index (χ1v) is 9.86. The van der Waals surface area contributed by atoms with Gasteiger partial charge in [-0.15, -0.1) is 0 Å². The SMILES string of the molecule is CC(C)C1Cc2ccccc2N1C(=O)Cc1nc(N2CCOCC2)cc(=O)[nH]1. The lowest BCUT2D eigenvalue weighted by molar-refractivity contribution is -0.118. The normalized spacial score (nSPS) is 19.2. The Morgan fingerprint density at radius 1 is 1.29 bits per heavy atom. The maximum atomic E-state index is 13.2. The Bertz CT molecular complexity index is 918. The summed E-state index contributed by atoms with van der Waals surface area (Å²) in [6.07, 6.45) is 0.933. The van der Waals surface area contributed by atoms with Gasteiger partial charge in [0, 0.05) is 30.9 Å². The summed E-state index contributed by atoms with van der Waals surface area (Å²) in [6, 6.07) is 9.66. The van der Waals surface area contributed by atoms with E-state index in [4.69, 9.17) is 4.74 Å². The van der Waals surface area contributed by atoms with Crippen molar-refractivity contribution in [2.75, 3.05) is 36.1 Å². The monoisotopic (exact) mass is 382 g/mol. The molecule has 2 aliphatic rings. The number of aromatic amines is 1. The van der Waals surface area contributed by atoms with Crippen LogP contribution in [-0.4, -0.2) is 48.2 Å². The zero-order chi connectivity index (χ0) is 19.7.